The van der Waals surface area contributed by atoms with E-state index in [1.165, 1.54) is 32.7 Å². The number of rotatable bonds is 2. The zero-order valence-corrected chi connectivity index (χ0v) is 17.4. The topological polar surface area (TPSA) is 18.5 Å². The summed E-state index contributed by atoms with van der Waals surface area (Å²) in [7, 11) is -0.358. The Balaban J connectivity index is 1.73. The maximum atomic E-state index is 6.30. The van der Waals surface area contributed by atoms with Crippen molar-refractivity contribution in [2.75, 3.05) is 0 Å². The summed E-state index contributed by atoms with van der Waals surface area (Å²) in [4.78, 5) is 0. The molecule has 0 spiro atoms. The molecule has 4 aromatic rings. The third-order valence-electron chi connectivity index (χ3n) is 6.49. The van der Waals surface area contributed by atoms with E-state index in [1.54, 1.807) is 0 Å². The summed E-state index contributed by atoms with van der Waals surface area (Å²) in [6.07, 6.45) is 0. The van der Waals surface area contributed by atoms with Crippen LogP contribution < -0.4 is 5.46 Å². The van der Waals surface area contributed by atoms with Crippen LogP contribution in [0.5, 0.6) is 0 Å². The maximum absolute atomic E-state index is 6.30. The highest BCUT2D eigenvalue weighted by Gasteiger charge is 2.51. The van der Waals surface area contributed by atoms with E-state index in [2.05, 4.69) is 107 Å². The van der Waals surface area contributed by atoms with Crippen molar-refractivity contribution < 1.29 is 9.31 Å². The molecule has 4 aromatic carbocycles. The van der Waals surface area contributed by atoms with Crippen LogP contribution in [0.25, 0.3) is 32.7 Å². The number of fused-ring (bicyclic) bond motifs is 3. The Morgan fingerprint density at radius 3 is 2.00 bits per heavy atom. The lowest BCUT2D eigenvalue weighted by Crippen LogP contribution is -2.41. The van der Waals surface area contributed by atoms with Gasteiger partial charge in [-0.1, -0.05) is 72.8 Å². The van der Waals surface area contributed by atoms with E-state index in [4.69, 9.17) is 9.31 Å². The van der Waals surface area contributed by atoms with Crippen LogP contribution in [0.4, 0.5) is 0 Å². The first kappa shape index (κ1) is 18.4. The zero-order chi connectivity index (χ0) is 20.2. The van der Waals surface area contributed by atoms with E-state index in [9.17, 15) is 0 Å². The van der Waals surface area contributed by atoms with Crippen molar-refractivity contribution in [3.05, 3.63) is 78.9 Å². The molecule has 1 aliphatic rings. The Morgan fingerprint density at radius 2 is 1.28 bits per heavy atom. The van der Waals surface area contributed by atoms with Crippen molar-refractivity contribution in [1.82, 2.24) is 0 Å². The molecule has 0 unspecified atom stereocenters. The molecular formula is C26H25BO2. The number of hydrogen-bond acceptors (Lipinski definition) is 2. The fourth-order valence-corrected chi connectivity index (χ4v) is 4.10. The first-order valence-corrected chi connectivity index (χ1v) is 10.2. The predicted octanol–water partition coefficient (Wildman–Crippen LogP) is 5.96. The average molecular weight is 380 g/mol. The Labute approximate surface area is 172 Å². The molecule has 0 amide bonds. The molecule has 0 saturated carbocycles. The van der Waals surface area contributed by atoms with Gasteiger partial charge < -0.3 is 9.31 Å². The Hall–Kier alpha value is -2.62. The van der Waals surface area contributed by atoms with Crippen molar-refractivity contribution >= 4 is 34.1 Å². The highest BCUT2D eigenvalue weighted by atomic mass is 16.7. The Kier molecular flexibility index (Phi) is 4.09. The third kappa shape index (κ3) is 2.97. The van der Waals surface area contributed by atoms with Gasteiger partial charge in [0.25, 0.3) is 0 Å². The summed E-state index contributed by atoms with van der Waals surface area (Å²) in [6, 6.07) is 28.1. The van der Waals surface area contributed by atoms with Gasteiger partial charge in [-0.2, -0.15) is 0 Å². The molecule has 0 N–H and O–H groups in total. The van der Waals surface area contributed by atoms with E-state index >= 15 is 0 Å². The standard InChI is InChI=1S/C26H25BO2/c1-25(2)26(3,4)29-27(28-25)20-14-15-22-23(18-10-6-5-7-11-18)16-19-12-8-9-13-21(19)24(22)17-20/h5-17H,1-4H3. The summed E-state index contributed by atoms with van der Waals surface area (Å²) in [6.45, 7) is 8.38. The summed E-state index contributed by atoms with van der Waals surface area (Å²) in [5.74, 6) is 0. The molecule has 3 heteroatoms. The minimum absolute atomic E-state index is 0.347. The minimum atomic E-state index is -0.358. The van der Waals surface area contributed by atoms with Crippen LogP contribution in [-0.2, 0) is 9.31 Å². The average Bonchev–Trinajstić information content (AvgIpc) is 2.95. The first-order valence-electron chi connectivity index (χ1n) is 10.2. The fourth-order valence-electron chi connectivity index (χ4n) is 4.10. The summed E-state index contributed by atoms with van der Waals surface area (Å²) in [5, 5.41) is 4.97. The molecule has 1 aliphatic heterocycles. The van der Waals surface area contributed by atoms with Gasteiger partial charge in [-0.15, -0.1) is 0 Å². The smallest absolute Gasteiger partial charge is 0.399 e. The highest BCUT2D eigenvalue weighted by molar-refractivity contribution is 6.62. The van der Waals surface area contributed by atoms with Crippen molar-refractivity contribution in [1.29, 1.82) is 0 Å². The highest BCUT2D eigenvalue weighted by Crippen LogP contribution is 2.38. The lowest BCUT2D eigenvalue weighted by molar-refractivity contribution is 0.00578. The molecule has 29 heavy (non-hydrogen) atoms. The third-order valence-corrected chi connectivity index (χ3v) is 6.49. The van der Waals surface area contributed by atoms with Crippen molar-refractivity contribution in [3.63, 3.8) is 0 Å². The van der Waals surface area contributed by atoms with Crippen LogP contribution >= 0.6 is 0 Å². The van der Waals surface area contributed by atoms with E-state index in [0.29, 0.717) is 0 Å². The molecule has 1 heterocycles. The van der Waals surface area contributed by atoms with E-state index in [-0.39, 0.29) is 18.3 Å². The van der Waals surface area contributed by atoms with Gasteiger partial charge in [0.05, 0.1) is 11.2 Å². The Bertz CT molecular complexity index is 1200. The SMILES string of the molecule is CC1(C)OB(c2ccc3c(-c4ccccc4)cc4ccccc4c3c2)OC1(C)C. The Morgan fingerprint density at radius 1 is 0.621 bits per heavy atom. The monoisotopic (exact) mass is 380 g/mol. The van der Waals surface area contributed by atoms with E-state index in [0.717, 1.165) is 5.46 Å². The molecular weight excluding hydrogens is 355 g/mol. The first-order chi connectivity index (χ1) is 13.9. The second-order valence-corrected chi connectivity index (χ2v) is 8.90. The number of hydrogen-bond donors (Lipinski definition) is 0. The molecule has 144 valence electrons. The van der Waals surface area contributed by atoms with E-state index in [1.807, 2.05) is 0 Å². The largest absolute Gasteiger partial charge is 0.494 e. The quantitative estimate of drug-likeness (QED) is 0.316. The molecule has 0 atom stereocenters. The van der Waals surface area contributed by atoms with Gasteiger partial charge >= 0.3 is 7.12 Å². The molecule has 0 aromatic heterocycles. The van der Waals surface area contributed by atoms with Gasteiger partial charge in [-0.05, 0) is 71.9 Å². The van der Waals surface area contributed by atoms with Crippen LogP contribution in [0, 0.1) is 0 Å². The molecule has 2 nitrogen and oxygen atoms in total. The van der Waals surface area contributed by atoms with Gasteiger partial charge in [-0.3, -0.25) is 0 Å². The van der Waals surface area contributed by atoms with Crippen LogP contribution in [0.2, 0.25) is 0 Å². The summed E-state index contributed by atoms with van der Waals surface area (Å²) < 4.78 is 12.6. The molecule has 0 bridgehead atoms. The predicted molar refractivity (Wildman–Crippen MR) is 123 cm³/mol. The molecule has 5 rings (SSSR count). The summed E-state index contributed by atoms with van der Waals surface area (Å²) in [5.41, 5.74) is 2.85. The van der Waals surface area contributed by atoms with Crippen molar-refractivity contribution in [2.24, 2.45) is 0 Å². The van der Waals surface area contributed by atoms with Crippen molar-refractivity contribution in [3.8, 4) is 11.1 Å². The maximum Gasteiger partial charge on any atom is 0.494 e. The van der Waals surface area contributed by atoms with Crippen LogP contribution in [-0.4, -0.2) is 18.3 Å². The fraction of sp³-hybridized carbons (Fsp3) is 0.231. The summed E-state index contributed by atoms with van der Waals surface area (Å²) >= 11 is 0. The second kappa shape index (κ2) is 6.45. The molecule has 0 aliphatic carbocycles. The van der Waals surface area contributed by atoms with Gasteiger partial charge in [0.1, 0.15) is 0 Å². The van der Waals surface area contributed by atoms with Gasteiger partial charge in [0, 0.05) is 0 Å². The van der Waals surface area contributed by atoms with Gasteiger partial charge in [0.2, 0.25) is 0 Å². The molecule has 1 saturated heterocycles. The lowest BCUT2D eigenvalue weighted by Gasteiger charge is -2.32. The van der Waals surface area contributed by atoms with Crippen LogP contribution in [0.15, 0.2) is 78.9 Å². The van der Waals surface area contributed by atoms with Crippen molar-refractivity contribution in [2.45, 2.75) is 38.9 Å². The number of benzene rings is 4. The normalized spacial score (nSPS) is 17.9. The van der Waals surface area contributed by atoms with Gasteiger partial charge in [0.15, 0.2) is 0 Å². The second-order valence-electron chi connectivity index (χ2n) is 8.90. The molecule has 0 radical (unpaired) electrons. The van der Waals surface area contributed by atoms with Crippen LogP contribution in [0.1, 0.15) is 27.7 Å². The minimum Gasteiger partial charge on any atom is -0.399 e. The lowest BCUT2D eigenvalue weighted by atomic mass is 9.77. The van der Waals surface area contributed by atoms with Gasteiger partial charge in [-0.25, -0.2) is 0 Å². The van der Waals surface area contributed by atoms with E-state index < -0.39 is 0 Å². The zero-order valence-electron chi connectivity index (χ0n) is 17.4. The van der Waals surface area contributed by atoms with Crippen LogP contribution in [0.3, 0.4) is 0 Å². The molecule has 1 fully saturated rings.